The summed E-state index contributed by atoms with van der Waals surface area (Å²) in [5.41, 5.74) is 4.26. The van der Waals surface area contributed by atoms with Gasteiger partial charge in [-0.05, 0) is 36.2 Å². The predicted octanol–water partition coefficient (Wildman–Crippen LogP) is 3.81. The molecule has 4 rings (SSSR count). The number of oxime groups is 1. The van der Waals surface area contributed by atoms with E-state index in [1.54, 1.807) is 12.1 Å². The average Bonchev–Trinajstić information content (AvgIpc) is 3.21. The van der Waals surface area contributed by atoms with Crippen molar-refractivity contribution in [2.45, 2.75) is 26.0 Å². The SMILES string of the molecule is Cc1cc(CN2CCSCC2)ccc1NC(=O)C1CC(c2cccc(F)c2)=NO1. The fraction of sp³-hybridized carbons (Fsp3) is 0.364. The zero-order valence-electron chi connectivity index (χ0n) is 16.4. The number of aryl methyl sites for hydroxylation is 1. The number of carbonyl (C=O) groups is 1. The summed E-state index contributed by atoms with van der Waals surface area (Å²) in [6, 6.07) is 12.3. The summed E-state index contributed by atoms with van der Waals surface area (Å²) in [5.74, 6) is 1.80. The van der Waals surface area contributed by atoms with Gasteiger partial charge in [-0.3, -0.25) is 9.69 Å². The number of rotatable bonds is 5. The second-order valence-electron chi connectivity index (χ2n) is 7.37. The molecular formula is C22H24FN3O2S. The molecule has 0 saturated carbocycles. The molecule has 2 aliphatic heterocycles. The summed E-state index contributed by atoms with van der Waals surface area (Å²) < 4.78 is 13.4. The van der Waals surface area contributed by atoms with Gasteiger partial charge in [-0.15, -0.1) is 0 Å². The van der Waals surface area contributed by atoms with Crippen LogP contribution >= 0.6 is 11.8 Å². The second kappa shape index (κ2) is 8.97. The fourth-order valence-corrected chi connectivity index (χ4v) is 4.53. The van der Waals surface area contributed by atoms with E-state index >= 15 is 0 Å². The molecule has 1 atom stereocenters. The van der Waals surface area contributed by atoms with Gasteiger partial charge in [0.15, 0.2) is 0 Å². The van der Waals surface area contributed by atoms with Gasteiger partial charge in [0.25, 0.3) is 5.91 Å². The van der Waals surface area contributed by atoms with Crippen LogP contribution < -0.4 is 5.32 Å². The van der Waals surface area contributed by atoms with Crippen molar-refractivity contribution in [3.05, 3.63) is 65.0 Å². The molecule has 0 aliphatic carbocycles. The third-order valence-electron chi connectivity index (χ3n) is 5.18. The minimum atomic E-state index is -0.710. The highest BCUT2D eigenvalue weighted by Crippen LogP contribution is 2.22. The molecule has 0 bridgehead atoms. The van der Waals surface area contributed by atoms with Crippen LogP contribution in [-0.4, -0.2) is 47.2 Å². The number of thioether (sulfide) groups is 1. The second-order valence-corrected chi connectivity index (χ2v) is 8.60. The number of hydrogen-bond donors (Lipinski definition) is 1. The fourth-order valence-electron chi connectivity index (χ4n) is 3.55. The number of halogens is 1. The number of benzene rings is 2. The molecule has 1 fully saturated rings. The van der Waals surface area contributed by atoms with Crippen LogP contribution in [0, 0.1) is 12.7 Å². The first-order valence-electron chi connectivity index (χ1n) is 9.77. The number of carbonyl (C=O) groups excluding carboxylic acids is 1. The van der Waals surface area contributed by atoms with Crippen molar-refractivity contribution in [1.82, 2.24) is 4.90 Å². The van der Waals surface area contributed by atoms with Gasteiger partial charge in [0, 0.05) is 48.8 Å². The molecule has 2 aliphatic rings. The van der Waals surface area contributed by atoms with Gasteiger partial charge in [0.05, 0.1) is 5.71 Å². The van der Waals surface area contributed by atoms with Crippen molar-refractivity contribution in [1.29, 1.82) is 0 Å². The Kier molecular flexibility index (Phi) is 6.16. The normalized spacial score (nSPS) is 19.5. The highest BCUT2D eigenvalue weighted by atomic mass is 32.2. The van der Waals surface area contributed by atoms with Gasteiger partial charge in [-0.2, -0.15) is 11.8 Å². The summed E-state index contributed by atoms with van der Waals surface area (Å²) in [6.07, 6.45) is -0.391. The Labute approximate surface area is 174 Å². The maximum atomic E-state index is 13.4. The zero-order valence-corrected chi connectivity index (χ0v) is 17.2. The number of nitrogens with one attached hydrogen (secondary N) is 1. The first-order chi connectivity index (χ1) is 14.1. The van der Waals surface area contributed by atoms with Crippen LogP contribution in [0.4, 0.5) is 10.1 Å². The third-order valence-corrected chi connectivity index (χ3v) is 6.12. The average molecular weight is 414 g/mol. The molecule has 7 heteroatoms. The topological polar surface area (TPSA) is 53.9 Å². The molecule has 0 aromatic heterocycles. The number of nitrogens with zero attached hydrogens (tertiary/aromatic N) is 2. The lowest BCUT2D eigenvalue weighted by atomic mass is 10.0. The van der Waals surface area contributed by atoms with E-state index in [1.165, 1.54) is 29.2 Å². The maximum absolute atomic E-state index is 13.4. The Hall–Kier alpha value is -2.38. The first-order valence-corrected chi connectivity index (χ1v) is 10.9. The van der Waals surface area contributed by atoms with Crippen LogP contribution in [0.2, 0.25) is 0 Å². The van der Waals surface area contributed by atoms with Crippen LogP contribution in [0.15, 0.2) is 47.6 Å². The summed E-state index contributed by atoms with van der Waals surface area (Å²) in [5, 5.41) is 6.91. The van der Waals surface area contributed by atoms with E-state index in [0.717, 1.165) is 30.9 Å². The van der Waals surface area contributed by atoms with E-state index in [2.05, 4.69) is 27.5 Å². The lowest BCUT2D eigenvalue weighted by Crippen LogP contribution is -2.32. The van der Waals surface area contributed by atoms with Crippen molar-refractivity contribution < 1.29 is 14.0 Å². The molecule has 0 radical (unpaired) electrons. The molecule has 1 amide bonds. The highest BCUT2D eigenvalue weighted by Gasteiger charge is 2.29. The molecule has 2 aromatic rings. The molecule has 1 N–H and O–H groups in total. The van der Waals surface area contributed by atoms with E-state index in [-0.39, 0.29) is 11.7 Å². The van der Waals surface area contributed by atoms with Gasteiger partial charge >= 0.3 is 0 Å². The van der Waals surface area contributed by atoms with Crippen molar-refractivity contribution in [3.63, 3.8) is 0 Å². The number of amides is 1. The molecular weight excluding hydrogens is 389 g/mol. The zero-order chi connectivity index (χ0) is 20.2. The summed E-state index contributed by atoms with van der Waals surface area (Å²) in [6.45, 7) is 5.17. The largest absolute Gasteiger partial charge is 0.382 e. The van der Waals surface area contributed by atoms with Gasteiger partial charge in [0.1, 0.15) is 5.82 Å². The minimum Gasteiger partial charge on any atom is -0.382 e. The smallest absolute Gasteiger partial charge is 0.268 e. The Morgan fingerprint density at radius 3 is 2.86 bits per heavy atom. The minimum absolute atomic E-state index is 0.246. The molecule has 1 unspecified atom stereocenters. The molecule has 0 spiro atoms. The van der Waals surface area contributed by atoms with Crippen molar-refractivity contribution in [2.24, 2.45) is 5.16 Å². The van der Waals surface area contributed by atoms with Crippen molar-refractivity contribution in [2.75, 3.05) is 29.9 Å². The van der Waals surface area contributed by atoms with E-state index < -0.39 is 6.10 Å². The standard InChI is InChI=1S/C22H24FN3O2S/c1-15-11-16(14-26-7-9-29-10-8-26)5-6-19(15)24-22(27)21-13-20(25-28-21)17-3-2-4-18(23)12-17/h2-6,11-12,21H,7-10,13-14H2,1H3,(H,24,27). The Bertz CT molecular complexity index is 928. The Morgan fingerprint density at radius 2 is 2.10 bits per heavy atom. The van der Waals surface area contributed by atoms with Crippen LogP contribution in [0.3, 0.4) is 0 Å². The molecule has 2 aromatic carbocycles. The lowest BCUT2D eigenvalue weighted by Gasteiger charge is -2.26. The summed E-state index contributed by atoms with van der Waals surface area (Å²) >= 11 is 2.00. The first kappa shape index (κ1) is 19.9. The van der Waals surface area contributed by atoms with E-state index in [4.69, 9.17) is 4.84 Å². The van der Waals surface area contributed by atoms with Gasteiger partial charge in [0.2, 0.25) is 6.10 Å². The van der Waals surface area contributed by atoms with E-state index in [9.17, 15) is 9.18 Å². The summed E-state index contributed by atoms with van der Waals surface area (Å²) in [7, 11) is 0. The van der Waals surface area contributed by atoms with Crippen LogP contribution in [-0.2, 0) is 16.2 Å². The van der Waals surface area contributed by atoms with Crippen LogP contribution in [0.5, 0.6) is 0 Å². The predicted molar refractivity (Wildman–Crippen MR) is 115 cm³/mol. The lowest BCUT2D eigenvalue weighted by molar-refractivity contribution is -0.125. The molecule has 1 saturated heterocycles. The van der Waals surface area contributed by atoms with Crippen molar-refractivity contribution >= 4 is 29.1 Å². The maximum Gasteiger partial charge on any atom is 0.268 e. The number of anilines is 1. The molecule has 5 nitrogen and oxygen atoms in total. The van der Waals surface area contributed by atoms with Gasteiger partial charge in [-0.1, -0.05) is 29.4 Å². The Balaban J connectivity index is 1.35. The third kappa shape index (κ3) is 4.97. The summed E-state index contributed by atoms with van der Waals surface area (Å²) in [4.78, 5) is 20.4. The monoisotopic (exact) mass is 413 g/mol. The quantitative estimate of drug-likeness (QED) is 0.810. The van der Waals surface area contributed by atoms with E-state index in [0.29, 0.717) is 17.7 Å². The van der Waals surface area contributed by atoms with Crippen molar-refractivity contribution in [3.8, 4) is 0 Å². The molecule has 152 valence electrons. The highest BCUT2D eigenvalue weighted by molar-refractivity contribution is 7.99. The Morgan fingerprint density at radius 1 is 1.28 bits per heavy atom. The molecule has 29 heavy (non-hydrogen) atoms. The number of hydrogen-bond acceptors (Lipinski definition) is 5. The molecule has 2 heterocycles. The van der Waals surface area contributed by atoms with Crippen LogP contribution in [0.25, 0.3) is 0 Å². The van der Waals surface area contributed by atoms with E-state index in [1.807, 2.05) is 24.8 Å². The van der Waals surface area contributed by atoms with Gasteiger partial charge in [-0.25, -0.2) is 4.39 Å². The van der Waals surface area contributed by atoms with Crippen LogP contribution in [0.1, 0.15) is 23.1 Å². The van der Waals surface area contributed by atoms with Gasteiger partial charge < -0.3 is 10.2 Å².